The average molecular weight is 419 g/mol. The second-order valence-electron chi connectivity index (χ2n) is 5.08. The Morgan fingerprint density at radius 3 is 2.52 bits per heavy atom. The van der Waals surface area contributed by atoms with Gasteiger partial charge in [0, 0.05) is 14.8 Å². The lowest BCUT2D eigenvalue weighted by molar-refractivity contribution is 0.102. The molecule has 0 spiro atoms. The SMILES string of the molecule is Cc1cc(C)n(-c2ncc(NC(=O)c3cccc(I)c3)cn2)n1. The van der Waals surface area contributed by atoms with E-state index >= 15 is 0 Å². The van der Waals surface area contributed by atoms with E-state index in [2.05, 4.69) is 43.0 Å². The molecule has 0 atom stereocenters. The molecule has 116 valence electrons. The Morgan fingerprint density at radius 2 is 1.91 bits per heavy atom. The molecule has 0 aliphatic heterocycles. The highest BCUT2D eigenvalue weighted by molar-refractivity contribution is 14.1. The van der Waals surface area contributed by atoms with Crippen molar-refractivity contribution >= 4 is 34.2 Å². The Bertz CT molecular complexity index is 857. The highest BCUT2D eigenvalue weighted by Crippen LogP contribution is 2.12. The molecule has 1 aromatic carbocycles. The van der Waals surface area contributed by atoms with Crippen molar-refractivity contribution in [3.63, 3.8) is 0 Å². The van der Waals surface area contributed by atoms with Crippen LogP contribution in [0.4, 0.5) is 5.69 Å². The van der Waals surface area contributed by atoms with Crippen LogP contribution in [0.1, 0.15) is 21.7 Å². The first-order valence-corrected chi connectivity index (χ1v) is 8.03. The van der Waals surface area contributed by atoms with Gasteiger partial charge >= 0.3 is 0 Å². The van der Waals surface area contributed by atoms with E-state index < -0.39 is 0 Å². The number of carbonyl (C=O) groups excluding carboxylic acids is 1. The Labute approximate surface area is 147 Å². The lowest BCUT2D eigenvalue weighted by Crippen LogP contribution is -2.13. The fourth-order valence-electron chi connectivity index (χ4n) is 2.16. The highest BCUT2D eigenvalue weighted by Gasteiger charge is 2.09. The molecule has 2 heterocycles. The molecule has 7 heteroatoms. The zero-order chi connectivity index (χ0) is 16.4. The quantitative estimate of drug-likeness (QED) is 0.663. The number of amides is 1. The number of hydrogen-bond donors (Lipinski definition) is 1. The molecular formula is C16H14IN5O. The molecule has 0 radical (unpaired) electrons. The normalized spacial score (nSPS) is 10.6. The summed E-state index contributed by atoms with van der Waals surface area (Å²) in [6.45, 7) is 3.86. The summed E-state index contributed by atoms with van der Waals surface area (Å²) < 4.78 is 2.67. The maximum Gasteiger partial charge on any atom is 0.255 e. The maximum atomic E-state index is 12.2. The van der Waals surface area contributed by atoms with E-state index in [1.807, 2.05) is 38.1 Å². The summed E-state index contributed by atoms with van der Waals surface area (Å²) in [7, 11) is 0. The molecule has 0 fully saturated rings. The van der Waals surface area contributed by atoms with Crippen LogP contribution in [0.15, 0.2) is 42.7 Å². The Balaban J connectivity index is 1.77. The maximum absolute atomic E-state index is 12.2. The third-order valence-corrected chi connectivity index (χ3v) is 3.85. The van der Waals surface area contributed by atoms with Gasteiger partial charge in [-0.3, -0.25) is 4.79 Å². The highest BCUT2D eigenvalue weighted by atomic mass is 127. The molecule has 0 saturated carbocycles. The van der Waals surface area contributed by atoms with Gasteiger partial charge in [-0.1, -0.05) is 6.07 Å². The zero-order valence-corrected chi connectivity index (χ0v) is 14.8. The first-order chi connectivity index (χ1) is 11.0. The van der Waals surface area contributed by atoms with E-state index in [0.717, 1.165) is 15.0 Å². The summed E-state index contributed by atoms with van der Waals surface area (Å²) >= 11 is 2.17. The number of carbonyl (C=O) groups is 1. The Hall–Kier alpha value is -2.29. The van der Waals surface area contributed by atoms with E-state index in [1.54, 1.807) is 23.1 Å². The summed E-state index contributed by atoms with van der Waals surface area (Å²) in [6.07, 6.45) is 3.15. The van der Waals surface area contributed by atoms with E-state index in [1.165, 1.54) is 0 Å². The van der Waals surface area contributed by atoms with Crippen molar-refractivity contribution < 1.29 is 4.79 Å². The summed E-state index contributed by atoms with van der Waals surface area (Å²) in [5.74, 6) is 0.286. The molecule has 3 aromatic rings. The van der Waals surface area contributed by atoms with Gasteiger partial charge in [0.15, 0.2) is 0 Å². The van der Waals surface area contributed by atoms with E-state index in [0.29, 0.717) is 17.2 Å². The van der Waals surface area contributed by atoms with Crippen LogP contribution in [0.5, 0.6) is 0 Å². The fourth-order valence-corrected chi connectivity index (χ4v) is 2.70. The largest absolute Gasteiger partial charge is 0.319 e. The molecule has 1 N–H and O–H groups in total. The van der Waals surface area contributed by atoms with Crippen LogP contribution in [0.2, 0.25) is 0 Å². The summed E-state index contributed by atoms with van der Waals surface area (Å²) in [4.78, 5) is 20.7. The third-order valence-electron chi connectivity index (χ3n) is 3.18. The minimum absolute atomic E-state index is 0.189. The summed E-state index contributed by atoms with van der Waals surface area (Å²) in [5, 5.41) is 7.12. The van der Waals surface area contributed by atoms with Crippen LogP contribution in [-0.4, -0.2) is 25.7 Å². The predicted molar refractivity (Wildman–Crippen MR) is 95.7 cm³/mol. The van der Waals surface area contributed by atoms with Crippen molar-refractivity contribution in [2.75, 3.05) is 5.32 Å². The van der Waals surface area contributed by atoms with Gasteiger partial charge in [0.25, 0.3) is 11.9 Å². The van der Waals surface area contributed by atoms with Crippen LogP contribution in [0.25, 0.3) is 5.95 Å². The van der Waals surface area contributed by atoms with Gasteiger partial charge in [-0.05, 0) is 60.7 Å². The molecule has 0 aliphatic carbocycles. The molecule has 1 amide bonds. The first kappa shape index (κ1) is 15.6. The van der Waals surface area contributed by atoms with Crippen molar-refractivity contribution in [1.82, 2.24) is 19.7 Å². The summed E-state index contributed by atoms with van der Waals surface area (Å²) in [5.41, 5.74) is 3.00. The number of nitrogens with zero attached hydrogens (tertiary/aromatic N) is 4. The molecular weight excluding hydrogens is 405 g/mol. The van der Waals surface area contributed by atoms with Gasteiger partial charge in [0.2, 0.25) is 0 Å². The van der Waals surface area contributed by atoms with Crippen LogP contribution < -0.4 is 5.32 Å². The number of benzene rings is 1. The van der Waals surface area contributed by atoms with Gasteiger partial charge in [-0.15, -0.1) is 0 Å². The van der Waals surface area contributed by atoms with Gasteiger partial charge in [-0.25, -0.2) is 14.6 Å². The zero-order valence-electron chi connectivity index (χ0n) is 12.6. The smallest absolute Gasteiger partial charge is 0.255 e. The number of anilines is 1. The first-order valence-electron chi connectivity index (χ1n) is 6.95. The van der Waals surface area contributed by atoms with Crippen molar-refractivity contribution in [2.45, 2.75) is 13.8 Å². The van der Waals surface area contributed by atoms with E-state index in [-0.39, 0.29) is 5.91 Å². The van der Waals surface area contributed by atoms with Crippen LogP contribution >= 0.6 is 22.6 Å². The second kappa shape index (κ2) is 6.45. The second-order valence-corrected chi connectivity index (χ2v) is 6.32. The molecule has 0 saturated heterocycles. The lowest BCUT2D eigenvalue weighted by atomic mass is 10.2. The van der Waals surface area contributed by atoms with Crippen molar-refractivity contribution in [3.05, 3.63) is 63.2 Å². The molecule has 2 aromatic heterocycles. The van der Waals surface area contributed by atoms with Gasteiger partial charge in [-0.2, -0.15) is 5.10 Å². The minimum Gasteiger partial charge on any atom is -0.319 e. The molecule has 0 unspecified atom stereocenters. The molecule has 0 bridgehead atoms. The molecule has 6 nitrogen and oxygen atoms in total. The number of halogens is 1. The molecule has 3 rings (SSSR count). The third kappa shape index (κ3) is 3.55. The molecule has 23 heavy (non-hydrogen) atoms. The topological polar surface area (TPSA) is 72.7 Å². The van der Waals surface area contributed by atoms with E-state index in [9.17, 15) is 4.79 Å². The van der Waals surface area contributed by atoms with Crippen LogP contribution in [0, 0.1) is 17.4 Å². The van der Waals surface area contributed by atoms with Gasteiger partial charge in [0.05, 0.1) is 23.8 Å². The number of nitrogens with one attached hydrogen (secondary N) is 1. The number of aryl methyl sites for hydroxylation is 2. The fraction of sp³-hybridized carbons (Fsp3) is 0.125. The minimum atomic E-state index is -0.189. The summed E-state index contributed by atoms with van der Waals surface area (Å²) in [6, 6.07) is 9.32. The van der Waals surface area contributed by atoms with Crippen molar-refractivity contribution in [3.8, 4) is 5.95 Å². The predicted octanol–water partition coefficient (Wildman–Crippen LogP) is 3.14. The van der Waals surface area contributed by atoms with Gasteiger partial charge in [0.1, 0.15) is 0 Å². The van der Waals surface area contributed by atoms with Crippen LogP contribution in [0.3, 0.4) is 0 Å². The average Bonchev–Trinajstić information content (AvgIpc) is 2.86. The number of hydrogen-bond acceptors (Lipinski definition) is 4. The van der Waals surface area contributed by atoms with Gasteiger partial charge < -0.3 is 5.32 Å². The number of aromatic nitrogens is 4. The van der Waals surface area contributed by atoms with Crippen LogP contribution in [-0.2, 0) is 0 Å². The van der Waals surface area contributed by atoms with Crippen molar-refractivity contribution in [2.24, 2.45) is 0 Å². The van der Waals surface area contributed by atoms with Crippen molar-refractivity contribution in [1.29, 1.82) is 0 Å². The number of rotatable bonds is 3. The standard InChI is InChI=1S/C16H14IN5O/c1-10-6-11(2)22(21-10)16-18-8-14(9-19-16)20-15(23)12-4-3-5-13(17)7-12/h3-9H,1-2H3,(H,20,23). The monoisotopic (exact) mass is 419 g/mol. The Morgan fingerprint density at radius 1 is 1.17 bits per heavy atom. The molecule has 0 aliphatic rings. The van der Waals surface area contributed by atoms with E-state index in [4.69, 9.17) is 0 Å². The lowest BCUT2D eigenvalue weighted by Gasteiger charge is -2.06. The Kier molecular flexibility index (Phi) is 4.37.